The molecule has 0 aliphatic rings. The molecule has 14 heavy (non-hydrogen) atoms. The quantitative estimate of drug-likeness (QED) is 0.699. The maximum Gasteiger partial charge on any atom is 0 e. The molecular weight excluding hydrogens is 389 g/mol. The molecule has 1 aromatic rings. The fourth-order valence-corrected chi connectivity index (χ4v) is 0.856. The van der Waals surface area contributed by atoms with Crippen LogP contribution < -0.4 is 0 Å². The monoisotopic (exact) mass is 396 g/mol. The fourth-order valence-electron chi connectivity index (χ4n) is 0.856. The van der Waals surface area contributed by atoms with E-state index in [9.17, 15) is 9.59 Å². The summed E-state index contributed by atoms with van der Waals surface area (Å²) in [7, 11) is 0. The van der Waals surface area contributed by atoms with Gasteiger partial charge in [0.15, 0.2) is 0 Å². The van der Waals surface area contributed by atoms with Crippen LogP contribution in [0.5, 0.6) is 0 Å². The molecule has 0 saturated carbocycles. The minimum atomic E-state index is -1.23. The van der Waals surface area contributed by atoms with E-state index in [0.29, 0.717) is 0 Å². The Morgan fingerprint density at radius 2 is 1.21 bits per heavy atom. The molecule has 0 aromatic heterocycles. The Balaban J connectivity index is 0. The zero-order valence-corrected chi connectivity index (χ0v) is 8.98. The molecule has 70 valence electrons. The van der Waals surface area contributed by atoms with E-state index in [1.54, 1.807) is 0 Å². The van der Waals surface area contributed by atoms with Crippen molar-refractivity contribution in [3.63, 3.8) is 0 Å². The van der Waals surface area contributed by atoms with Crippen LogP contribution in [0.25, 0.3) is 0 Å². The first-order chi connectivity index (χ1) is 5.63. The summed E-state index contributed by atoms with van der Waals surface area (Å²) in [6.45, 7) is 0. The number of carbonyl (C=O) groups is 2. The van der Waals surface area contributed by atoms with E-state index in [2.05, 4.69) is 0 Å². The van der Waals surface area contributed by atoms with Gasteiger partial charge in [0.05, 0.1) is 11.1 Å². The minimum absolute atomic E-state index is 0. The predicted octanol–water partition coefficient (Wildman–Crippen LogP) is 0.164. The van der Waals surface area contributed by atoms with Crippen LogP contribution in [-0.4, -0.2) is 71.0 Å². The first-order valence-corrected chi connectivity index (χ1v) is 3.18. The summed E-state index contributed by atoms with van der Waals surface area (Å²) in [6, 6.07) is 5.48. The Kier molecular flexibility index (Phi) is 9.54. The van der Waals surface area contributed by atoms with E-state index < -0.39 is 11.9 Å². The number of carboxylic acids is 2. The molecule has 0 heterocycles. The molecule has 4 nitrogen and oxygen atoms in total. The molecular formula is C8H8BaO4Zr. The fraction of sp³-hybridized carbons (Fsp3) is 0. The van der Waals surface area contributed by atoms with Gasteiger partial charge in [-0.2, -0.15) is 0 Å². The second-order valence-electron chi connectivity index (χ2n) is 2.16. The Hall–Kier alpha value is 0.615. The third-order valence-electron chi connectivity index (χ3n) is 1.39. The SMILES string of the molecule is O=C(O)c1ccccc1C(=O)O.[BaH2].[Zr]. The van der Waals surface area contributed by atoms with Crippen LogP contribution >= 0.6 is 0 Å². The number of rotatable bonds is 2. The molecule has 1 aromatic carbocycles. The predicted molar refractivity (Wildman–Crippen MR) is 48.9 cm³/mol. The summed E-state index contributed by atoms with van der Waals surface area (Å²) in [5.41, 5.74) is -0.380. The topological polar surface area (TPSA) is 74.6 Å². The molecule has 0 aliphatic heterocycles. The van der Waals surface area contributed by atoms with Gasteiger partial charge in [-0.3, -0.25) is 0 Å². The van der Waals surface area contributed by atoms with Crippen molar-refractivity contribution in [2.75, 3.05) is 0 Å². The van der Waals surface area contributed by atoms with Gasteiger partial charge >= 0.3 is 60.8 Å². The van der Waals surface area contributed by atoms with Gasteiger partial charge in [0.1, 0.15) is 0 Å². The molecule has 0 atom stereocenters. The molecule has 1 rings (SSSR count). The summed E-state index contributed by atoms with van der Waals surface area (Å²) in [5.74, 6) is -2.46. The van der Waals surface area contributed by atoms with Crippen molar-refractivity contribution in [1.29, 1.82) is 0 Å². The van der Waals surface area contributed by atoms with Crippen LogP contribution in [0.15, 0.2) is 24.3 Å². The van der Waals surface area contributed by atoms with Crippen molar-refractivity contribution in [2.45, 2.75) is 0 Å². The molecule has 0 saturated heterocycles. The van der Waals surface area contributed by atoms with Gasteiger partial charge < -0.3 is 10.2 Å². The van der Waals surface area contributed by atoms with Crippen LogP contribution in [0, 0.1) is 0 Å². The minimum Gasteiger partial charge on any atom is 0 e. The standard InChI is InChI=1S/C8H6O4.Ba.Zr.2H/c9-7(10)5-3-1-2-4-6(5)8(11)12;;;;/h1-4H,(H,9,10)(H,11,12);;;;. The largest absolute Gasteiger partial charge is 0 e. The van der Waals surface area contributed by atoms with Gasteiger partial charge in [-0.05, 0) is 12.1 Å². The van der Waals surface area contributed by atoms with E-state index >= 15 is 0 Å². The summed E-state index contributed by atoms with van der Waals surface area (Å²) < 4.78 is 0. The van der Waals surface area contributed by atoms with Crippen LogP contribution in [0.3, 0.4) is 0 Å². The average Bonchev–Trinajstić information content (AvgIpc) is 2.04. The molecule has 0 amide bonds. The third kappa shape index (κ3) is 4.42. The second kappa shape index (κ2) is 7.85. The number of hydrogen-bond acceptors (Lipinski definition) is 2. The summed E-state index contributed by atoms with van der Waals surface area (Å²) >= 11 is 0. The maximum absolute atomic E-state index is 10.5. The zero-order valence-electron chi connectivity index (χ0n) is 6.52. The van der Waals surface area contributed by atoms with Crippen LogP contribution in [-0.2, 0) is 26.2 Å². The molecule has 0 fully saturated rings. The van der Waals surface area contributed by atoms with Crippen LogP contribution in [0.4, 0.5) is 0 Å². The van der Waals surface area contributed by atoms with Crippen molar-refractivity contribution in [3.05, 3.63) is 35.4 Å². The first kappa shape index (κ1) is 17.0. The summed E-state index contributed by atoms with van der Waals surface area (Å²) in [6.07, 6.45) is 0. The Labute approximate surface area is 140 Å². The normalized spacial score (nSPS) is 8.00. The zero-order chi connectivity index (χ0) is 9.14. The van der Waals surface area contributed by atoms with Crippen molar-refractivity contribution in [1.82, 2.24) is 0 Å². The molecule has 6 heteroatoms. The molecule has 0 spiro atoms. The van der Waals surface area contributed by atoms with Gasteiger partial charge in [-0.25, -0.2) is 9.59 Å². The first-order valence-electron chi connectivity index (χ1n) is 3.18. The van der Waals surface area contributed by atoms with E-state index in [4.69, 9.17) is 10.2 Å². The van der Waals surface area contributed by atoms with Gasteiger partial charge in [0.25, 0.3) is 0 Å². The third-order valence-corrected chi connectivity index (χ3v) is 1.39. The van der Waals surface area contributed by atoms with Crippen molar-refractivity contribution < 1.29 is 46.0 Å². The van der Waals surface area contributed by atoms with Gasteiger partial charge in [-0.15, -0.1) is 0 Å². The van der Waals surface area contributed by atoms with Gasteiger partial charge in [0, 0.05) is 26.2 Å². The van der Waals surface area contributed by atoms with E-state index in [1.165, 1.54) is 24.3 Å². The van der Waals surface area contributed by atoms with E-state index in [0.717, 1.165) is 0 Å². The molecule has 0 aliphatic carbocycles. The summed E-state index contributed by atoms with van der Waals surface area (Å²) in [5, 5.41) is 17.1. The molecule has 2 N–H and O–H groups in total. The molecule has 0 bridgehead atoms. The Morgan fingerprint density at radius 1 is 0.929 bits per heavy atom. The van der Waals surface area contributed by atoms with Gasteiger partial charge in [0.2, 0.25) is 0 Å². The van der Waals surface area contributed by atoms with Crippen molar-refractivity contribution in [2.24, 2.45) is 0 Å². The smallest absolute Gasteiger partial charge is 0 e. The van der Waals surface area contributed by atoms with E-state index in [1.807, 2.05) is 0 Å². The summed E-state index contributed by atoms with van der Waals surface area (Å²) in [4.78, 5) is 20.9. The van der Waals surface area contributed by atoms with Crippen LogP contribution in [0.2, 0.25) is 0 Å². The van der Waals surface area contributed by atoms with Crippen LogP contribution in [0.1, 0.15) is 20.7 Å². The second-order valence-corrected chi connectivity index (χ2v) is 2.16. The Morgan fingerprint density at radius 3 is 1.43 bits per heavy atom. The van der Waals surface area contributed by atoms with Crippen molar-refractivity contribution in [3.8, 4) is 0 Å². The van der Waals surface area contributed by atoms with Crippen molar-refractivity contribution >= 4 is 60.8 Å². The number of hydrogen-bond donors (Lipinski definition) is 2. The van der Waals surface area contributed by atoms with Gasteiger partial charge in [-0.1, -0.05) is 12.1 Å². The number of benzene rings is 1. The number of aromatic carboxylic acids is 2. The van der Waals surface area contributed by atoms with E-state index in [-0.39, 0.29) is 86.2 Å². The molecule has 0 radical (unpaired) electrons. The molecule has 0 unspecified atom stereocenters. The number of carboxylic acid groups (broad SMARTS) is 2. The maximum atomic E-state index is 10.5. The average molecular weight is 397 g/mol. The Bertz CT molecular complexity index is 307.